The molecule has 3 N–H and O–H groups in total. The standard InChI is InChI=1S/C20H32BrN5O.HI/c1-5-23-19(24-14-20(3,4)18(22)27)26-12-10-25(11-13-26)15(2)16-6-8-17(21)9-7-16;/h6-9,15H,5,10-14H2,1-4H3,(H2,22,27)(H,23,24);1H. The predicted molar refractivity (Wildman–Crippen MR) is 130 cm³/mol. The number of benzene rings is 1. The quantitative estimate of drug-likeness (QED) is 0.315. The first kappa shape index (κ1) is 25.2. The molecule has 2 rings (SSSR count). The first-order chi connectivity index (χ1) is 12.7. The normalized spacial score (nSPS) is 17.0. The molecule has 0 bridgehead atoms. The molecule has 1 saturated heterocycles. The van der Waals surface area contributed by atoms with Crippen LogP contribution in [0.2, 0.25) is 0 Å². The largest absolute Gasteiger partial charge is 0.369 e. The summed E-state index contributed by atoms with van der Waals surface area (Å²) in [4.78, 5) is 21.0. The number of piperazine rings is 1. The number of nitrogens with one attached hydrogen (secondary N) is 1. The van der Waals surface area contributed by atoms with Gasteiger partial charge in [-0.15, -0.1) is 24.0 Å². The number of nitrogens with two attached hydrogens (primary N) is 1. The third kappa shape index (κ3) is 6.88. The van der Waals surface area contributed by atoms with Gasteiger partial charge in [-0.3, -0.25) is 14.7 Å². The summed E-state index contributed by atoms with van der Waals surface area (Å²) in [5.74, 6) is 0.540. The van der Waals surface area contributed by atoms with Crippen LogP contribution in [0.1, 0.15) is 39.3 Å². The summed E-state index contributed by atoms with van der Waals surface area (Å²) < 4.78 is 1.11. The average Bonchev–Trinajstić information content (AvgIpc) is 2.65. The van der Waals surface area contributed by atoms with E-state index in [1.54, 1.807) is 0 Å². The molecule has 1 unspecified atom stereocenters. The molecule has 0 spiro atoms. The highest BCUT2D eigenvalue weighted by Crippen LogP contribution is 2.23. The van der Waals surface area contributed by atoms with Crippen LogP contribution in [0, 0.1) is 5.41 Å². The van der Waals surface area contributed by atoms with E-state index in [2.05, 4.69) is 74.2 Å². The molecule has 1 aromatic carbocycles. The summed E-state index contributed by atoms with van der Waals surface area (Å²) in [6, 6.07) is 8.93. The molecule has 6 nitrogen and oxygen atoms in total. The summed E-state index contributed by atoms with van der Waals surface area (Å²) in [7, 11) is 0. The maximum absolute atomic E-state index is 11.6. The molecule has 1 heterocycles. The van der Waals surface area contributed by atoms with Crippen LogP contribution in [0.25, 0.3) is 0 Å². The van der Waals surface area contributed by atoms with Crippen molar-refractivity contribution in [2.24, 2.45) is 16.1 Å². The molecule has 1 aliphatic rings. The fraction of sp³-hybridized carbons (Fsp3) is 0.600. The number of hydrogen-bond donors (Lipinski definition) is 2. The van der Waals surface area contributed by atoms with Gasteiger partial charge in [0.1, 0.15) is 0 Å². The van der Waals surface area contributed by atoms with E-state index in [9.17, 15) is 4.79 Å². The minimum absolute atomic E-state index is 0. The third-order valence-electron chi connectivity index (χ3n) is 5.14. The Kier molecular flexibility index (Phi) is 10.2. The van der Waals surface area contributed by atoms with Gasteiger partial charge in [-0.2, -0.15) is 0 Å². The molecule has 158 valence electrons. The highest BCUT2D eigenvalue weighted by atomic mass is 127. The molecule has 1 aromatic rings. The van der Waals surface area contributed by atoms with Crippen LogP contribution in [-0.2, 0) is 4.79 Å². The second-order valence-electron chi connectivity index (χ2n) is 7.67. The van der Waals surface area contributed by atoms with Crippen LogP contribution in [0.3, 0.4) is 0 Å². The molecule has 0 aromatic heterocycles. The number of hydrogen-bond acceptors (Lipinski definition) is 3. The fourth-order valence-corrected chi connectivity index (χ4v) is 3.31. The molecule has 1 amide bonds. The van der Waals surface area contributed by atoms with Crippen molar-refractivity contribution >= 4 is 51.8 Å². The zero-order valence-corrected chi connectivity index (χ0v) is 21.2. The highest BCUT2D eigenvalue weighted by Gasteiger charge is 2.27. The average molecular weight is 566 g/mol. The number of primary amides is 1. The van der Waals surface area contributed by atoms with Gasteiger partial charge >= 0.3 is 0 Å². The van der Waals surface area contributed by atoms with Gasteiger partial charge in [-0.05, 0) is 45.4 Å². The van der Waals surface area contributed by atoms with Crippen molar-refractivity contribution in [1.82, 2.24) is 15.1 Å². The van der Waals surface area contributed by atoms with Gasteiger partial charge in [0.15, 0.2) is 5.96 Å². The van der Waals surface area contributed by atoms with Crippen LogP contribution < -0.4 is 11.1 Å². The summed E-state index contributed by atoms with van der Waals surface area (Å²) in [5, 5.41) is 3.35. The molecule has 28 heavy (non-hydrogen) atoms. The maximum Gasteiger partial charge on any atom is 0.224 e. The van der Waals surface area contributed by atoms with Gasteiger partial charge in [-0.1, -0.05) is 28.1 Å². The number of rotatable bonds is 6. The maximum atomic E-state index is 11.6. The minimum Gasteiger partial charge on any atom is -0.369 e. The van der Waals surface area contributed by atoms with Crippen molar-refractivity contribution < 1.29 is 4.79 Å². The minimum atomic E-state index is -0.640. The lowest BCUT2D eigenvalue weighted by atomic mass is 9.93. The van der Waals surface area contributed by atoms with Crippen LogP contribution in [-0.4, -0.2) is 60.9 Å². The number of halogens is 2. The molecule has 1 aliphatic heterocycles. The molecule has 8 heteroatoms. The van der Waals surface area contributed by atoms with E-state index < -0.39 is 5.41 Å². The number of carbonyl (C=O) groups excluding carboxylic acids is 1. The Labute approximate surface area is 194 Å². The Balaban J connectivity index is 0.00000392. The highest BCUT2D eigenvalue weighted by molar-refractivity contribution is 14.0. The number of carbonyl (C=O) groups is 1. The number of nitrogens with zero attached hydrogens (tertiary/aromatic N) is 3. The first-order valence-electron chi connectivity index (χ1n) is 9.57. The van der Waals surface area contributed by atoms with Gasteiger partial charge in [0.2, 0.25) is 5.91 Å². The molecule has 0 saturated carbocycles. The van der Waals surface area contributed by atoms with E-state index in [4.69, 9.17) is 5.73 Å². The van der Waals surface area contributed by atoms with E-state index in [0.29, 0.717) is 12.6 Å². The Bertz CT molecular complexity index is 657. The summed E-state index contributed by atoms with van der Waals surface area (Å²) in [6.07, 6.45) is 0. The van der Waals surface area contributed by atoms with Crippen molar-refractivity contribution in [3.05, 3.63) is 34.3 Å². The lowest BCUT2D eigenvalue weighted by molar-refractivity contribution is -0.125. The molecule has 1 atom stereocenters. The van der Waals surface area contributed by atoms with Gasteiger partial charge in [0.05, 0.1) is 12.0 Å². The Hall–Kier alpha value is -0.870. The monoisotopic (exact) mass is 565 g/mol. The molecule has 0 aliphatic carbocycles. The summed E-state index contributed by atoms with van der Waals surface area (Å²) >= 11 is 3.50. The topological polar surface area (TPSA) is 74.0 Å². The lowest BCUT2D eigenvalue weighted by Crippen LogP contribution is -2.53. The lowest BCUT2D eigenvalue weighted by Gasteiger charge is -2.39. The van der Waals surface area contributed by atoms with Crippen LogP contribution in [0.4, 0.5) is 0 Å². The molecular weight excluding hydrogens is 533 g/mol. The van der Waals surface area contributed by atoms with Crippen molar-refractivity contribution in [1.29, 1.82) is 0 Å². The second-order valence-corrected chi connectivity index (χ2v) is 8.58. The van der Waals surface area contributed by atoms with Gasteiger partial charge in [0.25, 0.3) is 0 Å². The summed E-state index contributed by atoms with van der Waals surface area (Å²) in [5.41, 5.74) is 6.16. The first-order valence-corrected chi connectivity index (χ1v) is 10.4. The van der Waals surface area contributed by atoms with Gasteiger partial charge in [0, 0.05) is 43.2 Å². The van der Waals surface area contributed by atoms with Gasteiger partial charge in [-0.25, -0.2) is 0 Å². The van der Waals surface area contributed by atoms with E-state index in [0.717, 1.165) is 43.2 Å². The van der Waals surface area contributed by atoms with Crippen molar-refractivity contribution in [2.75, 3.05) is 39.3 Å². The predicted octanol–water partition coefficient (Wildman–Crippen LogP) is 3.22. The number of amides is 1. The number of aliphatic imine (C=N–C) groups is 1. The van der Waals surface area contributed by atoms with Crippen LogP contribution in [0.5, 0.6) is 0 Å². The molecular formula is C20H33BrIN5O. The Morgan fingerprint density at radius 1 is 1.25 bits per heavy atom. The number of guanidine groups is 1. The third-order valence-corrected chi connectivity index (χ3v) is 5.67. The van der Waals surface area contributed by atoms with E-state index in [1.807, 2.05) is 13.8 Å². The zero-order valence-electron chi connectivity index (χ0n) is 17.2. The zero-order chi connectivity index (χ0) is 20.0. The van der Waals surface area contributed by atoms with Crippen LogP contribution in [0.15, 0.2) is 33.7 Å². The van der Waals surface area contributed by atoms with E-state index >= 15 is 0 Å². The Morgan fingerprint density at radius 3 is 2.32 bits per heavy atom. The van der Waals surface area contributed by atoms with Crippen LogP contribution >= 0.6 is 39.9 Å². The van der Waals surface area contributed by atoms with Crippen molar-refractivity contribution in [2.45, 2.75) is 33.7 Å². The van der Waals surface area contributed by atoms with E-state index in [1.165, 1.54) is 5.56 Å². The summed E-state index contributed by atoms with van der Waals surface area (Å²) in [6.45, 7) is 12.9. The Morgan fingerprint density at radius 2 is 1.82 bits per heavy atom. The smallest absolute Gasteiger partial charge is 0.224 e. The molecule has 0 radical (unpaired) electrons. The molecule has 1 fully saturated rings. The van der Waals surface area contributed by atoms with E-state index in [-0.39, 0.29) is 29.9 Å². The van der Waals surface area contributed by atoms with Gasteiger partial charge < -0.3 is 16.0 Å². The SMILES string of the molecule is CCNC(=NCC(C)(C)C(N)=O)N1CCN(C(C)c2ccc(Br)cc2)CC1.I. The second kappa shape index (κ2) is 11.3. The fourth-order valence-electron chi connectivity index (χ4n) is 3.05. The van der Waals surface area contributed by atoms with Crippen molar-refractivity contribution in [3.8, 4) is 0 Å². The van der Waals surface area contributed by atoms with Crippen molar-refractivity contribution in [3.63, 3.8) is 0 Å².